The topological polar surface area (TPSA) is 66.2 Å². The standard InChI is InChI=1S/C24H24BrN3O3/c1-13-10-21(15(3)22-19(13)8-9-20-14(2)24(29)31-23(20)22)30-12-17-11-28(27-26-17)18-6-4-16(25)5-7-18/h4-7,10-11,14,20,23H,8-9,12H2,1-3H3. The van der Waals surface area contributed by atoms with Gasteiger partial charge in [0.15, 0.2) is 0 Å². The van der Waals surface area contributed by atoms with Crippen molar-refractivity contribution in [1.29, 1.82) is 0 Å². The van der Waals surface area contributed by atoms with E-state index in [1.807, 2.05) is 37.4 Å². The number of benzene rings is 2. The molecule has 160 valence electrons. The van der Waals surface area contributed by atoms with E-state index >= 15 is 0 Å². The van der Waals surface area contributed by atoms with Gasteiger partial charge in [0, 0.05) is 16.0 Å². The van der Waals surface area contributed by atoms with Gasteiger partial charge in [-0.2, -0.15) is 0 Å². The number of halogens is 1. The number of rotatable bonds is 4. The number of aromatic nitrogens is 3. The highest BCUT2D eigenvalue weighted by molar-refractivity contribution is 9.10. The summed E-state index contributed by atoms with van der Waals surface area (Å²) < 4.78 is 14.7. The summed E-state index contributed by atoms with van der Waals surface area (Å²) in [5.74, 6) is 0.928. The lowest BCUT2D eigenvalue weighted by Gasteiger charge is -2.31. The summed E-state index contributed by atoms with van der Waals surface area (Å²) in [7, 11) is 0. The lowest BCUT2D eigenvalue weighted by atomic mass is 9.74. The monoisotopic (exact) mass is 481 g/mol. The van der Waals surface area contributed by atoms with Crippen molar-refractivity contribution >= 4 is 21.9 Å². The van der Waals surface area contributed by atoms with Crippen LogP contribution in [-0.4, -0.2) is 21.0 Å². The molecule has 1 aliphatic carbocycles. The number of esters is 1. The summed E-state index contributed by atoms with van der Waals surface area (Å²) in [5.41, 5.74) is 6.36. The second kappa shape index (κ2) is 7.79. The fourth-order valence-corrected chi connectivity index (χ4v) is 5.07. The minimum atomic E-state index is -0.160. The van der Waals surface area contributed by atoms with Gasteiger partial charge >= 0.3 is 5.97 Å². The van der Waals surface area contributed by atoms with Crippen LogP contribution in [0.4, 0.5) is 0 Å². The lowest BCUT2D eigenvalue weighted by Crippen LogP contribution is -2.22. The smallest absolute Gasteiger partial charge is 0.309 e. The van der Waals surface area contributed by atoms with E-state index < -0.39 is 0 Å². The maximum absolute atomic E-state index is 12.2. The molecule has 6 nitrogen and oxygen atoms in total. The largest absolute Gasteiger partial charge is 0.487 e. The van der Waals surface area contributed by atoms with Crippen LogP contribution in [0.3, 0.4) is 0 Å². The van der Waals surface area contributed by atoms with Crippen LogP contribution < -0.4 is 4.74 Å². The first-order chi connectivity index (χ1) is 14.9. The normalized spacial score (nSPS) is 22.1. The van der Waals surface area contributed by atoms with Gasteiger partial charge in [-0.05, 0) is 73.7 Å². The molecule has 3 aromatic rings. The predicted octanol–water partition coefficient (Wildman–Crippen LogP) is 5.02. The van der Waals surface area contributed by atoms with E-state index in [4.69, 9.17) is 9.47 Å². The quantitative estimate of drug-likeness (QED) is 0.489. The van der Waals surface area contributed by atoms with Crippen molar-refractivity contribution in [2.75, 3.05) is 0 Å². The highest BCUT2D eigenvalue weighted by Gasteiger charge is 2.46. The van der Waals surface area contributed by atoms with Gasteiger partial charge in [0.1, 0.15) is 24.2 Å². The highest BCUT2D eigenvalue weighted by Crippen LogP contribution is 2.49. The summed E-state index contributed by atoms with van der Waals surface area (Å²) in [5, 5.41) is 8.46. The first kappa shape index (κ1) is 20.2. The number of nitrogens with zero attached hydrogens (tertiary/aromatic N) is 3. The molecule has 3 unspecified atom stereocenters. The fourth-order valence-electron chi connectivity index (χ4n) is 4.81. The molecule has 31 heavy (non-hydrogen) atoms. The molecule has 0 amide bonds. The Morgan fingerprint density at radius 3 is 2.81 bits per heavy atom. The Bertz CT molecular complexity index is 1160. The van der Waals surface area contributed by atoms with E-state index in [0.29, 0.717) is 6.61 Å². The van der Waals surface area contributed by atoms with Crippen molar-refractivity contribution in [2.45, 2.75) is 46.3 Å². The Labute approximate surface area is 189 Å². The molecule has 1 saturated heterocycles. The Morgan fingerprint density at radius 2 is 2.03 bits per heavy atom. The van der Waals surface area contributed by atoms with Crippen LogP contribution in [0.2, 0.25) is 0 Å². The third-order valence-corrected chi connectivity index (χ3v) is 7.12. The molecular weight excluding hydrogens is 458 g/mol. The Hall–Kier alpha value is -2.67. The van der Waals surface area contributed by atoms with Crippen molar-refractivity contribution < 1.29 is 14.3 Å². The van der Waals surface area contributed by atoms with E-state index in [2.05, 4.69) is 46.2 Å². The van der Waals surface area contributed by atoms with Crippen molar-refractivity contribution in [3.8, 4) is 11.4 Å². The van der Waals surface area contributed by atoms with Crippen molar-refractivity contribution in [3.63, 3.8) is 0 Å². The van der Waals surface area contributed by atoms with Crippen LogP contribution in [-0.2, 0) is 22.6 Å². The van der Waals surface area contributed by atoms with Crippen LogP contribution >= 0.6 is 15.9 Å². The summed E-state index contributed by atoms with van der Waals surface area (Å²) in [6, 6.07) is 9.97. The number of ether oxygens (including phenoxy) is 2. The van der Waals surface area contributed by atoms with Gasteiger partial charge in [-0.25, -0.2) is 4.68 Å². The van der Waals surface area contributed by atoms with Crippen molar-refractivity contribution in [1.82, 2.24) is 15.0 Å². The molecule has 2 aromatic carbocycles. The zero-order chi connectivity index (χ0) is 21.7. The maximum atomic E-state index is 12.2. The average molecular weight is 482 g/mol. The fraction of sp³-hybridized carbons (Fsp3) is 0.375. The number of fused-ring (bicyclic) bond motifs is 3. The molecule has 1 aliphatic heterocycles. The second-order valence-corrected chi connectivity index (χ2v) is 9.39. The molecule has 5 rings (SSSR count). The molecular formula is C24H24BrN3O3. The lowest BCUT2D eigenvalue weighted by molar-refractivity contribution is -0.144. The average Bonchev–Trinajstić information content (AvgIpc) is 3.34. The van der Waals surface area contributed by atoms with E-state index in [9.17, 15) is 4.79 Å². The maximum Gasteiger partial charge on any atom is 0.309 e. The Kier molecular flexibility index (Phi) is 5.08. The van der Waals surface area contributed by atoms with Crippen LogP contribution in [0.15, 0.2) is 41.0 Å². The van der Waals surface area contributed by atoms with Gasteiger partial charge in [0.25, 0.3) is 0 Å². The number of hydrogen-bond acceptors (Lipinski definition) is 5. The molecule has 0 spiro atoms. The first-order valence-electron chi connectivity index (χ1n) is 10.6. The third-order valence-electron chi connectivity index (χ3n) is 6.59. The number of carbonyl (C=O) groups excluding carboxylic acids is 1. The molecule has 1 aromatic heterocycles. The number of hydrogen-bond donors (Lipinski definition) is 0. The van der Waals surface area contributed by atoms with Gasteiger partial charge < -0.3 is 9.47 Å². The summed E-state index contributed by atoms with van der Waals surface area (Å²) >= 11 is 3.44. The molecule has 0 saturated carbocycles. The van der Waals surface area contributed by atoms with Crippen molar-refractivity contribution in [3.05, 3.63) is 68.9 Å². The van der Waals surface area contributed by atoms with Gasteiger partial charge in [0.05, 0.1) is 17.8 Å². The highest BCUT2D eigenvalue weighted by atomic mass is 79.9. The van der Waals surface area contributed by atoms with Gasteiger partial charge in [-0.1, -0.05) is 28.1 Å². The Morgan fingerprint density at radius 1 is 1.26 bits per heavy atom. The van der Waals surface area contributed by atoms with Gasteiger partial charge in [-0.15, -0.1) is 5.10 Å². The molecule has 2 aliphatic rings. The van der Waals surface area contributed by atoms with E-state index in [1.165, 1.54) is 11.1 Å². The molecule has 0 N–H and O–H groups in total. The van der Waals surface area contributed by atoms with Crippen LogP contribution in [0, 0.1) is 25.7 Å². The van der Waals surface area contributed by atoms with E-state index in [1.54, 1.807) is 4.68 Å². The number of carbonyl (C=O) groups is 1. The minimum absolute atomic E-state index is 0.0453. The third kappa shape index (κ3) is 3.55. The molecule has 0 bridgehead atoms. The zero-order valence-corrected chi connectivity index (χ0v) is 19.3. The van der Waals surface area contributed by atoms with E-state index in [-0.39, 0.29) is 23.9 Å². The van der Waals surface area contributed by atoms with Gasteiger partial charge in [-0.3, -0.25) is 4.79 Å². The summed E-state index contributed by atoms with van der Waals surface area (Å²) in [4.78, 5) is 12.2. The van der Waals surface area contributed by atoms with Crippen molar-refractivity contribution in [2.24, 2.45) is 11.8 Å². The summed E-state index contributed by atoms with van der Waals surface area (Å²) in [6.45, 7) is 6.47. The summed E-state index contributed by atoms with van der Waals surface area (Å²) in [6.07, 6.45) is 3.68. The molecule has 7 heteroatoms. The molecule has 0 radical (unpaired) electrons. The van der Waals surface area contributed by atoms with E-state index in [0.717, 1.165) is 45.6 Å². The predicted molar refractivity (Wildman–Crippen MR) is 119 cm³/mol. The first-order valence-corrected chi connectivity index (χ1v) is 11.3. The SMILES string of the molecule is Cc1cc(OCc2cn(-c3ccc(Br)cc3)nn2)c(C)c2c1CCC1C(C)C(=O)OC21. The zero-order valence-electron chi connectivity index (χ0n) is 17.8. The van der Waals surface area contributed by atoms with Crippen LogP contribution in [0.1, 0.15) is 47.4 Å². The number of aryl methyl sites for hydroxylation is 1. The Balaban J connectivity index is 1.39. The van der Waals surface area contributed by atoms with Crippen LogP contribution in [0.25, 0.3) is 5.69 Å². The van der Waals surface area contributed by atoms with Crippen LogP contribution in [0.5, 0.6) is 5.75 Å². The second-order valence-electron chi connectivity index (χ2n) is 8.48. The van der Waals surface area contributed by atoms with Gasteiger partial charge in [0.2, 0.25) is 0 Å². The molecule has 2 heterocycles. The minimum Gasteiger partial charge on any atom is -0.487 e. The molecule has 3 atom stereocenters. The molecule has 1 fully saturated rings.